The lowest BCUT2D eigenvalue weighted by atomic mass is 10.1. The molecule has 3 rings (SSSR count). The smallest absolute Gasteiger partial charge is 0.253 e. The van der Waals surface area contributed by atoms with Gasteiger partial charge in [0, 0.05) is 38.4 Å². The fourth-order valence-electron chi connectivity index (χ4n) is 3.06. The zero-order valence-corrected chi connectivity index (χ0v) is 14.7. The summed E-state index contributed by atoms with van der Waals surface area (Å²) in [6.45, 7) is 3.91. The van der Waals surface area contributed by atoms with E-state index in [1.165, 1.54) is 5.56 Å². The fraction of sp³-hybridized carbons (Fsp3) is 0.300. The largest absolute Gasteiger partial charge is 0.398 e. The van der Waals surface area contributed by atoms with Gasteiger partial charge in [-0.25, -0.2) is 0 Å². The molecule has 0 bridgehead atoms. The number of hydrogen-bond acceptors (Lipinski definition) is 4. The molecule has 1 aliphatic rings. The van der Waals surface area contributed by atoms with Gasteiger partial charge in [0.1, 0.15) is 0 Å². The minimum absolute atomic E-state index is 0.00808. The Hall–Kier alpha value is -2.86. The van der Waals surface area contributed by atoms with Gasteiger partial charge < -0.3 is 16.0 Å². The van der Waals surface area contributed by atoms with Crippen molar-refractivity contribution in [2.45, 2.75) is 6.54 Å². The predicted octanol–water partition coefficient (Wildman–Crippen LogP) is 1.34. The number of nitrogen functional groups attached to an aromatic ring is 1. The van der Waals surface area contributed by atoms with Crippen molar-refractivity contribution in [2.75, 3.05) is 38.5 Å². The Morgan fingerprint density at radius 3 is 2.27 bits per heavy atom. The normalized spacial score (nSPS) is 14.8. The number of carbonyl (C=O) groups is 2. The van der Waals surface area contributed by atoms with Crippen molar-refractivity contribution >= 4 is 17.5 Å². The van der Waals surface area contributed by atoms with Crippen LogP contribution in [0.5, 0.6) is 0 Å². The molecule has 1 saturated heterocycles. The van der Waals surface area contributed by atoms with E-state index in [4.69, 9.17) is 5.73 Å². The Labute approximate surface area is 153 Å². The van der Waals surface area contributed by atoms with E-state index in [9.17, 15) is 9.59 Å². The monoisotopic (exact) mass is 352 g/mol. The first kappa shape index (κ1) is 17.9. The SMILES string of the molecule is Nc1ccccc1C(=O)NCC(=O)N1CCN(Cc2ccccc2)CC1. The number of anilines is 1. The number of benzene rings is 2. The van der Waals surface area contributed by atoms with Gasteiger partial charge in [-0.1, -0.05) is 42.5 Å². The van der Waals surface area contributed by atoms with Crippen LogP contribution in [-0.4, -0.2) is 54.3 Å². The Morgan fingerprint density at radius 2 is 1.58 bits per heavy atom. The van der Waals surface area contributed by atoms with E-state index in [1.54, 1.807) is 29.2 Å². The van der Waals surface area contributed by atoms with Crippen LogP contribution in [0.1, 0.15) is 15.9 Å². The van der Waals surface area contributed by atoms with Crippen LogP contribution >= 0.6 is 0 Å². The highest BCUT2D eigenvalue weighted by Crippen LogP contribution is 2.10. The van der Waals surface area contributed by atoms with Gasteiger partial charge in [-0.3, -0.25) is 14.5 Å². The summed E-state index contributed by atoms with van der Waals surface area (Å²) in [5.74, 6) is -0.383. The molecule has 2 aromatic carbocycles. The Morgan fingerprint density at radius 1 is 0.923 bits per heavy atom. The lowest BCUT2D eigenvalue weighted by Gasteiger charge is -2.34. The van der Waals surface area contributed by atoms with Crippen LogP contribution in [-0.2, 0) is 11.3 Å². The first-order valence-electron chi connectivity index (χ1n) is 8.80. The molecule has 136 valence electrons. The molecule has 6 heteroatoms. The van der Waals surface area contributed by atoms with Gasteiger partial charge >= 0.3 is 0 Å². The average molecular weight is 352 g/mol. The number of para-hydroxylation sites is 1. The van der Waals surface area contributed by atoms with Crippen LogP contribution in [0.3, 0.4) is 0 Å². The van der Waals surface area contributed by atoms with Crippen LogP contribution in [0.2, 0.25) is 0 Å². The van der Waals surface area contributed by atoms with E-state index in [-0.39, 0.29) is 18.4 Å². The Balaban J connectivity index is 1.44. The van der Waals surface area contributed by atoms with Crippen molar-refractivity contribution < 1.29 is 9.59 Å². The number of nitrogens with one attached hydrogen (secondary N) is 1. The highest BCUT2D eigenvalue weighted by atomic mass is 16.2. The van der Waals surface area contributed by atoms with Crippen LogP contribution in [0.15, 0.2) is 54.6 Å². The summed E-state index contributed by atoms with van der Waals surface area (Å²) in [6, 6.07) is 17.2. The molecule has 0 atom stereocenters. The van der Waals surface area contributed by atoms with E-state index in [0.29, 0.717) is 24.3 Å². The molecule has 2 aromatic rings. The van der Waals surface area contributed by atoms with E-state index in [2.05, 4.69) is 22.3 Å². The fourth-order valence-corrected chi connectivity index (χ4v) is 3.06. The molecule has 2 amide bonds. The number of carbonyl (C=O) groups excluding carboxylic acids is 2. The summed E-state index contributed by atoms with van der Waals surface area (Å²) in [5.41, 5.74) is 7.87. The molecule has 3 N–H and O–H groups in total. The molecule has 6 nitrogen and oxygen atoms in total. The maximum atomic E-state index is 12.3. The van der Waals surface area contributed by atoms with Crippen LogP contribution in [0.4, 0.5) is 5.69 Å². The molecule has 0 aliphatic carbocycles. The van der Waals surface area contributed by atoms with Crippen molar-refractivity contribution in [1.82, 2.24) is 15.1 Å². The molecule has 0 aromatic heterocycles. The summed E-state index contributed by atoms with van der Waals surface area (Å²) in [6.07, 6.45) is 0. The number of rotatable bonds is 5. The van der Waals surface area contributed by atoms with E-state index in [1.807, 2.05) is 18.2 Å². The topological polar surface area (TPSA) is 78.7 Å². The maximum Gasteiger partial charge on any atom is 0.253 e. The molecular formula is C20H24N4O2. The van der Waals surface area contributed by atoms with E-state index >= 15 is 0 Å². The number of nitrogens with zero attached hydrogens (tertiary/aromatic N) is 2. The molecule has 1 aliphatic heterocycles. The lowest BCUT2D eigenvalue weighted by molar-refractivity contribution is -0.131. The Bertz CT molecular complexity index is 755. The number of nitrogens with two attached hydrogens (primary N) is 1. The number of hydrogen-bond donors (Lipinski definition) is 2. The first-order valence-corrected chi connectivity index (χ1v) is 8.80. The third kappa shape index (κ3) is 4.61. The molecule has 0 radical (unpaired) electrons. The summed E-state index contributed by atoms with van der Waals surface area (Å²) >= 11 is 0. The minimum atomic E-state index is -0.320. The minimum Gasteiger partial charge on any atom is -0.398 e. The van der Waals surface area contributed by atoms with Gasteiger partial charge in [-0.15, -0.1) is 0 Å². The second kappa shape index (κ2) is 8.49. The van der Waals surface area contributed by atoms with Crippen molar-refractivity contribution in [1.29, 1.82) is 0 Å². The van der Waals surface area contributed by atoms with E-state index < -0.39 is 0 Å². The van der Waals surface area contributed by atoms with Crippen molar-refractivity contribution in [3.05, 3.63) is 65.7 Å². The second-order valence-corrected chi connectivity index (χ2v) is 6.41. The van der Waals surface area contributed by atoms with Gasteiger partial charge in [-0.2, -0.15) is 0 Å². The van der Waals surface area contributed by atoms with Gasteiger partial charge in [0.25, 0.3) is 5.91 Å². The zero-order chi connectivity index (χ0) is 18.4. The van der Waals surface area contributed by atoms with Crippen molar-refractivity contribution in [3.8, 4) is 0 Å². The van der Waals surface area contributed by atoms with Gasteiger partial charge in [0.15, 0.2) is 0 Å². The van der Waals surface area contributed by atoms with E-state index in [0.717, 1.165) is 19.6 Å². The first-order chi connectivity index (χ1) is 12.6. The number of piperazine rings is 1. The van der Waals surface area contributed by atoms with Crippen LogP contribution in [0.25, 0.3) is 0 Å². The molecule has 0 unspecified atom stereocenters. The third-order valence-corrected chi connectivity index (χ3v) is 4.58. The number of amides is 2. The highest BCUT2D eigenvalue weighted by molar-refractivity contribution is 6.00. The molecule has 0 spiro atoms. The molecule has 0 saturated carbocycles. The quantitative estimate of drug-likeness (QED) is 0.796. The van der Waals surface area contributed by atoms with Crippen LogP contribution in [0, 0.1) is 0 Å². The molecule has 1 heterocycles. The average Bonchev–Trinajstić information content (AvgIpc) is 2.67. The second-order valence-electron chi connectivity index (χ2n) is 6.41. The van der Waals surface area contributed by atoms with Crippen molar-refractivity contribution in [3.63, 3.8) is 0 Å². The predicted molar refractivity (Wildman–Crippen MR) is 101 cm³/mol. The molecule has 1 fully saturated rings. The highest BCUT2D eigenvalue weighted by Gasteiger charge is 2.21. The zero-order valence-electron chi connectivity index (χ0n) is 14.7. The summed E-state index contributed by atoms with van der Waals surface area (Å²) < 4.78 is 0. The van der Waals surface area contributed by atoms with Gasteiger partial charge in [0.2, 0.25) is 5.91 Å². The standard InChI is InChI=1S/C20H24N4O2/c21-18-9-5-4-8-17(18)20(26)22-14-19(25)24-12-10-23(11-13-24)15-16-6-2-1-3-7-16/h1-9H,10-15,21H2,(H,22,26). The third-order valence-electron chi connectivity index (χ3n) is 4.58. The summed E-state index contributed by atoms with van der Waals surface area (Å²) in [5, 5.41) is 2.66. The summed E-state index contributed by atoms with van der Waals surface area (Å²) in [7, 11) is 0. The van der Waals surface area contributed by atoms with Gasteiger partial charge in [0.05, 0.1) is 12.1 Å². The Kier molecular flexibility index (Phi) is 5.86. The lowest BCUT2D eigenvalue weighted by Crippen LogP contribution is -2.50. The molecule has 26 heavy (non-hydrogen) atoms. The molecular weight excluding hydrogens is 328 g/mol. The van der Waals surface area contributed by atoms with Gasteiger partial charge in [-0.05, 0) is 17.7 Å². The van der Waals surface area contributed by atoms with Crippen molar-refractivity contribution in [2.24, 2.45) is 0 Å². The van der Waals surface area contributed by atoms with Crippen LogP contribution < -0.4 is 11.1 Å². The maximum absolute atomic E-state index is 12.3. The summed E-state index contributed by atoms with van der Waals surface area (Å²) in [4.78, 5) is 28.6.